The van der Waals surface area contributed by atoms with Crippen LogP contribution < -0.4 is 27.8 Å². The molecule has 11 heteroatoms. The average Bonchev–Trinajstić information content (AvgIpc) is 2.51. The third-order valence-corrected chi connectivity index (χ3v) is 3.04. The summed E-state index contributed by atoms with van der Waals surface area (Å²) in [6.07, 6.45) is 2.98. The molecule has 1 aromatic rings. The van der Waals surface area contributed by atoms with Gasteiger partial charge in [-0.3, -0.25) is 9.59 Å². The maximum absolute atomic E-state index is 11.4. The highest BCUT2D eigenvalue weighted by atomic mass is 32.1. The van der Waals surface area contributed by atoms with Crippen molar-refractivity contribution >= 4 is 40.7 Å². The predicted octanol–water partition coefficient (Wildman–Crippen LogP) is -1.17. The summed E-state index contributed by atoms with van der Waals surface area (Å²) < 4.78 is 0. The molecule has 0 aromatic carbocycles. The smallest absolute Gasteiger partial charge is 0.271 e. The topological polar surface area (TPSA) is 182 Å². The number of amides is 2. The molecule has 0 aliphatic heterocycles. The van der Waals surface area contributed by atoms with Crippen LogP contribution in [0.4, 0.5) is 11.6 Å². The Hall–Kier alpha value is -2.79. The molecule has 1 rings (SSSR count). The molecule has 0 aliphatic rings. The average molecular weight is 353 g/mol. The van der Waals surface area contributed by atoms with Crippen molar-refractivity contribution in [3.63, 3.8) is 0 Å². The van der Waals surface area contributed by atoms with E-state index in [0.717, 1.165) is 0 Å². The van der Waals surface area contributed by atoms with Crippen LogP contribution in [-0.2, 0) is 4.79 Å². The Morgan fingerprint density at radius 1 is 1.42 bits per heavy atom. The minimum absolute atomic E-state index is 0.0150. The van der Waals surface area contributed by atoms with Gasteiger partial charge in [0.1, 0.15) is 16.8 Å². The molecule has 1 aromatic heterocycles. The number of aliphatic hydroxyl groups excluding tert-OH is 1. The van der Waals surface area contributed by atoms with Crippen LogP contribution in [0.5, 0.6) is 0 Å². The number of carbonyl (C=O) groups excluding carboxylic acids is 2. The Labute approximate surface area is 143 Å². The second-order valence-corrected chi connectivity index (χ2v) is 5.13. The van der Waals surface area contributed by atoms with E-state index in [1.807, 2.05) is 0 Å². The number of anilines is 2. The molecule has 1 atom stereocenters. The standard InChI is InChI=1S/C13H19N7O3S/c1-2-7(11(15)22)18-8-4-17-10(12(16)23)13(19-8)20-9(24)3-6(14)5-21/h3-4,7,21H,2,5,14H2,1H3,(H2,15,22)(H2,16,23)(H2,18,19,20,24)/t7-/m1/s1. The Kier molecular flexibility index (Phi) is 7.01. The van der Waals surface area contributed by atoms with E-state index in [9.17, 15) is 9.59 Å². The summed E-state index contributed by atoms with van der Waals surface area (Å²) in [6.45, 7) is 1.39. The predicted molar refractivity (Wildman–Crippen MR) is 93.0 cm³/mol. The maximum atomic E-state index is 11.4. The lowest BCUT2D eigenvalue weighted by Gasteiger charge is -2.15. The Bertz CT molecular complexity index is 678. The van der Waals surface area contributed by atoms with Gasteiger partial charge in [-0.1, -0.05) is 19.1 Å². The molecule has 0 saturated carbocycles. The second kappa shape index (κ2) is 8.74. The monoisotopic (exact) mass is 353 g/mol. The van der Waals surface area contributed by atoms with Gasteiger partial charge in [0, 0.05) is 5.70 Å². The number of nitrogens with zero attached hydrogens (tertiary/aromatic N) is 2. The molecule has 24 heavy (non-hydrogen) atoms. The van der Waals surface area contributed by atoms with Crippen molar-refractivity contribution < 1.29 is 14.7 Å². The summed E-state index contributed by atoms with van der Waals surface area (Å²) in [6, 6.07) is -0.650. The third kappa shape index (κ3) is 5.44. The summed E-state index contributed by atoms with van der Waals surface area (Å²) in [5.74, 6) is -1.18. The van der Waals surface area contributed by atoms with E-state index in [4.69, 9.17) is 34.5 Å². The van der Waals surface area contributed by atoms with Crippen molar-refractivity contribution in [2.24, 2.45) is 17.2 Å². The number of nitrogens with two attached hydrogens (primary N) is 3. The highest BCUT2D eigenvalue weighted by Crippen LogP contribution is 2.15. The maximum Gasteiger partial charge on any atom is 0.271 e. The first kappa shape index (κ1) is 19.3. The van der Waals surface area contributed by atoms with Crippen LogP contribution >= 0.6 is 12.2 Å². The largest absolute Gasteiger partial charge is 0.400 e. The van der Waals surface area contributed by atoms with Gasteiger partial charge in [-0.2, -0.15) is 0 Å². The first-order valence-corrected chi connectivity index (χ1v) is 7.29. The zero-order valence-corrected chi connectivity index (χ0v) is 13.8. The van der Waals surface area contributed by atoms with Gasteiger partial charge in [0.15, 0.2) is 11.5 Å². The van der Waals surface area contributed by atoms with Crippen molar-refractivity contribution in [1.82, 2.24) is 9.97 Å². The number of hydrogen-bond acceptors (Lipinski definition) is 8. The van der Waals surface area contributed by atoms with Crippen molar-refractivity contribution in [3.05, 3.63) is 23.7 Å². The van der Waals surface area contributed by atoms with Gasteiger partial charge in [-0.25, -0.2) is 9.97 Å². The van der Waals surface area contributed by atoms with Gasteiger partial charge >= 0.3 is 0 Å². The van der Waals surface area contributed by atoms with Crippen LogP contribution in [0.3, 0.4) is 0 Å². The molecule has 0 bridgehead atoms. The Balaban J connectivity index is 3.11. The Morgan fingerprint density at radius 2 is 2.08 bits per heavy atom. The molecule has 0 saturated heterocycles. The fraction of sp³-hybridized carbons (Fsp3) is 0.308. The van der Waals surface area contributed by atoms with E-state index in [2.05, 4.69) is 20.6 Å². The lowest BCUT2D eigenvalue weighted by molar-refractivity contribution is -0.118. The van der Waals surface area contributed by atoms with Gasteiger partial charge in [0.05, 0.1) is 12.8 Å². The summed E-state index contributed by atoms with van der Waals surface area (Å²) in [5, 5.41) is 14.3. The van der Waals surface area contributed by atoms with Crippen molar-refractivity contribution in [2.45, 2.75) is 19.4 Å². The number of aliphatic hydroxyl groups is 1. The molecule has 9 N–H and O–H groups in total. The zero-order valence-electron chi connectivity index (χ0n) is 12.9. The van der Waals surface area contributed by atoms with E-state index >= 15 is 0 Å². The van der Waals surface area contributed by atoms with Crippen LogP contribution in [0.15, 0.2) is 18.0 Å². The van der Waals surface area contributed by atoms with Crippen LogP contribution in [0.25, 0.3) is 0 Å². The molecule has 0 unspecified atom stereocenters. The number of nitrogens with one attached hydrogen (secondary N) is 2. The Morgan fingerprint density at radius 3 is 2.58 bits per heavy atom. The molecule has 130 valence electrons. The van der Waals surface area contributed by atoms with E-state index in [1.165, 1.54) is 12.3 Å². The zero-order chi connectivity index (χ0) is 18.3. The van der Waals surface area contributed by atoms with E-state index < -0.39 is 17.9 Å². The highest BCUT2D eigenvalue weighted by Gasteiger charge is 2.17. The summed E-state index contributed by atoms with van der Waals surface area (Å²) in [5.41, 5.74) is 15.9. The number of aromatic nitrogens is 2. The summed E-state index contributed by atoms with van der Waals surface area (Å²) >= 11 is 5.03. The summed E-state index contributed by atoms with van der Waals surface area (Å²) in [7, 11) is 0. The van der Waals surface area contributed by atoms with Crippen LogP contribution in [0, 0.1) is 0 Å². The fourth-order valence-electron chi connectivity index (χ4n) is 1.65. The quantitative estimate of drug-likeness (QED) is 0.247. The minimum atomic E-state index is -0.819. The van der Waals surface area contributed by atoms with Gasteiger partial charge in [0.25, 0.3) is 5.91 Å². The van der Waals surface area contributed by atoms with Crippen LogP contribution in [0.2, 0.25) is 0 Å². The molecule has 0 radical (unpaired) electrons. The summed E-state index contributed by atoms with van der Waals surface area (Å²) in [4.78, 5) is 30.8. The van der Waals surface area contributed by atoms with Gasteiger partial charge in [-0.05, 0) is 12.5 Å². The van der Waals surface area contributed by atoms with E-state index in [0.29, 0.717) is 6.42 Å². The molecule has 0 spiro atoms. The second-order valence-electron chi connectivity index (χ2n) is 4.69. The molecule has 10 nitrogen and oxygen atoms in total. The molecular weight excluding hydrogens is 334 g/mol. The molecule has 1 heterocycles. The molecule has 2 amide bonds. The van der Waals surface area contributed by atoms with Crippen molar-refractivity contribution in [1.29, 1.82) is 0 Å². The third-order valence-electron chi connectivity index (χ3n) is 2.82. The number of rotatable bonds is 8. The lowest BCUT2D eigenvalue weighted by atomic mass is 10.2. The van der Waals surface area contributed by atoms with Gasteiger partial charge < -0.3 is 32.9 Å². The number of primary amides is 2. The van der Waals surface area contributed by atoms with Crippen molar-refractivity contribution in [2.75, 3.05) is 17.2 Å². The number of carbonyl (C=O) groups is 2. The molecule has 0 fully saturated rings. The normalized spacial score (nSPS) is 12.3. The first-order valence-electron chi connectivity index (χ1n) is 6.89. The fourth-order valence-corrected chi connectivity index (χ4v) is 1.89. The van der Waals surface area contributed by atoms with Crippen LogP contribution in [-0.4, -0.2) is 44.5 Å². The highest BCUT2D eigenvalue weighted by molar-refractivity contribution is 7.81. The number of thiocarbonyl (C=S) groups is 1. The van der Waals surface area contributed by atoms with Crippen molar-refractivity contribution in [3.8, 4) is 0 Å². The van der Waals surface area contributed by atoms with Crippen LogP contribution in [0.1, 0.15) is 23.8 Å². The molecular formula is C13H19N7O3S. The van der Waals surface area contributed by atoms with E-state index in [1.54, 1.807) is 6.92 Å². The van der Waals surface area contributed by atoms with Gasteiger partial charge in [-0.15, -0.1) is 0 Å². The number of hydrogen-bond donors (Lipinski definition) is 6. The minimum Gasteiger partial charge on any atom is -0.400 e. The van der Waals surface area contributed by atoms with Gasteiger partial charge in [0.2, 0.25) is 5.91 Å². The SMILES string of the molecule is CC[C@@H](Nc1cnc(C(N)=O)c(NC(=S)C=C(N)CO)n1)C(N)=O. The van der Waals surface area contributed by atoms with E-state index in [-0.39, 0.29) is 34.6 Å². The lowest BCUT2D eigenvalue weighted by Crippen LogP contribution is -2.35. The molecule has 0 aliphatic carbocycles. The first-order chi connectivity index (χ1) is 11.3.